The van der Waals surface area contributed by atoms with Crippen LogP contribution in [0.2, 0.25) is 0 Å². The van der Waals surface area contributed by atoms with Gasteiger partial charge in [-0.15, -0.1) is 0 Å². The molecule has 23 heavy (non-hydrogen) atoms. The Morgan fingerprint density at radius 2 is 2.00 bits per heavy atom. The van der Waals surface area contributed by atoms with Crippen LogP contribution in [0.4, 0.5) is 4.39 Å². The third-order valence-corrected chi connectivity index (χ3v) is 4.36. The smallest absolute Gasteiger partial charge is 0.280 e. The van der Waals surface area contributed by atoms with E-state index in [0.717, 1.165) is 11.3 Å². The van der Waals surface area contributed by atoms with Gasteiger partial charge in [-0.1, -0.05) is 34.1 Å². The quantitative estimate of drug-likeness (QED) is 0.548. The third kappa shape index (κ3) is 2.09. The summed E-state index contributed by atoms with van der Waals surface area (Å²) in [6, 6.07) is 10.7. The number of H-pyrrole nitrogens is 1. The molecule has 0 aliphatic heterocycles. The molecule has 0 aliphatic rings. The number of aromatic amines is 1. The highest BCUT2D eigenvalue weighted by Crippen LogP contribution is 2.27. The first-order valence-electron chi connectivity index (χ1n) is 7.01. The molecule has 4 rings (SSSR count). The second-order valence-corrected chi connectivity index (χ2v) is 6.29. The Morgan fingerprint density at radius 3 is 2.78 bits per heavy atom. The Balaban J connectivity index is 2.14. The van der Waals surface area contributed by atoms with Crippen LogP contribution in [0.1, 0.15) is 5.56 Å². The molecule has 0 amide bonds. The average molecular weight is 372 g/mol. The first-order valence-corrected chi connectivity index (χ1v) is 7.80. The number of hydrogen-bond acceptors (Lipinski definition) is 2. The van der Waals surface area contributed by atoms with Gasteiger partial charge in [-0.05, 0) is 30.7 Å². The van der Waals surface area contributed by atoms with E-state index >= 15 is 0 Å². The highest BCUT2D eigenvalue weighted by Gasteiger charge is 2.15. The molecule has 0 spiro atoms. The molecule has 4 nitrogen and oxygen atoms in total. The van der Waals surface area contributed by atoms with Crippen molar-refractivity contribution in [2.24, 2.45) is 0 Å². The highest BCUT2D eigenvalue weighted by atomic mass is 79.9. The van der Waals surface area contributed by atoms with Crippen LogP contribution in [-0.2, 0) is 0 Å². The first kappa shape index (κ1) is 14.1. The Hall–Kier alpha value is -2.47. The van der Waals surface area contributed by atoms with Crippen LogP contribution >= 0.6 is 15.9 Å². The molecule has 0 saturated heterocycles. The van der Waals surface area contributed by atoms with E-state index in [4.69, 9.17) is 0 Å². The molecular formula is C17H11BrFN3O. The zero-order valence-electron chi connectivity index (χ0n) is 12.1. The van der Waals surface area contributed by atoms with Gasteiger partial charge < -0.3 is 0 Å². The fraction of sp³-hybridized carbons (Fsp3) is 0.0588. The number of nitrogens with zero attached hydrogens (tertiary/aromatic N) is 2. The van der Waals surface area contributed by atoms with E-state index in [1.54, 1.807) is 6.07 Å². The van der Waals surface area contributed by atoms with Gasteiger partial charge >= 0.3 is 0 Å². The Morgan fingerprint density at radius 1 is 1.22 bits per heavy atom. The van der Waals surface area contributed by atoms with Crippen molar-refractivity contribution in [1.29, 1.82) is 0 Å². The van der Waals surface area contributed by atoms with Crippen molar-refractivity contribution in [3.63, 3.8) is 0 Å². The molecule has 0 radical (unpaired) electrons. The van der Waals surface area contributed by atoms with Crippen LogP contribution < -0.4 is 5.56 Å². The molecule has 6 heteroatoms. The van der Waals surface area contributed by atoms with Crippen molar-refractivity contribution in [3.8, 4) is 5.69 Å². The first-order chi connectivity index (χ1) is 11.1. The third-order valence-electron chi connectivity index (χ3n) is 3.90. The van der Waals surface area contributed by atoms with E-state index in [1.165, 1.54) is 16.9 Å². The predicted molar refractivity (Wildman–Crippen MR) is 91.6 cm³/mol. The molecule has 2 aromatic heterocycles. The van der Waals surface area contributed by atoms with E-state index in [0.29, 0.717) is 20.8 Å². The number of rotatable bonds is 1. The zero-order chi connectivity index (χ0) is 16.1. The molecule has 0 atom stereocenters. The maximum Gasteiger partial charge on any atom is 0.280 e. The van der Waals surface area contributed by atoms with E-state index in [1.807, 2.05) is 31.2 Å². The van der Waals surface area contributed by atoms with Crippen molar-refractivity contribution >= 4 is 37.7 Å². The molecule has 2 aromatic carbocycles. The number of pyridine rings is 1. The Kier molecular flexibility index (Phi) is 3.09. The Labute approximate surface area is 138 Å². The van der Waals surface area contributed by atoms with Gasteiger partial charge in [0.1, 0.15) is 5.52 Å². The minimum Gasteiger partial charge on any atom is -0.290 e. The molecule has 114 valence electrons. The number of halogens is 2. The molecule has 4 aromatic rings. The summed E-state index contributed by atoms with van der Waals surface area (Å²) in [6.45, 7) is 1.93. The van der Waals surface area contributed by atoms with Crippen LogP contribution in [0.25, 0.3) is 27.5 Å². The largest absolute Gasteiger partial charge is 0.290 e. The minimum atomic E-state index is -0.430. The fourth-order valence-electron chi connectivity index (χ4n) is 2.78. The van der Waals surface area contributed by atoms with Crippen LogP contribution in [0, 0.1) is 12.7 Å². The number of benzene rings is 2. The van der Waals surface area contributed by atoms with Gasteiger partial charge in [-0.25, -0.2) is 9.07 Å². The zero-order valence-corrected chi connectivity index (χ0v) is 13.7. The van der Waals surface area contributed by atoms with E-state index < -0.39 is 5.82 Å². The molecule has 0 unspecified atom stereocenters. The SMILES string of the molecule is Cc1ccccc1-n1[nH]c2c(cnc3c(F)cc(Br)cc32)c1=O. The second kappa shape index (κ2) is 5.03. The molecule has 1 N–H and O–H groups in total. The summed E-state index contributed by atoms with van der Waals surface area (Å²) >= 11 is 3.28. The van der Waals surface area contributed by atoms with Crippen LogP contribution in [0.3, 0.4) is 0 Å². The highest BCUT2D eigenvalue weighted by molar-refractivity contribution is 9.10. The maximum absolute atomic E-state index is 14.1. The number of aromatic nitrogens is 3. The monoisotopic (exact) mass is 371 g/mol. The lowest BCUT2D eigenvalue weighted by atomic mass is 10.1. The summed E-state index contributed by atoms with van der Waals surface area (Å²) in [5.41, 5.74) is 2.33. The van der Waals surface area contributed by atoms with Gasteiger partial charge in [0.15, 0.2) is 5.82 Å². The Bertz CT molecular complexity index is 1130. The molecular weight excluding hydrogens is 361 g/mol. The van der Waals surface area contributed by atoms with Gasteiger partial charge in [0, 0.05) is 16.1 Å². The fourth-order valence-corrected chi connectivity index (χ4v) is 3.21. The van der Waals surface area contributed by atoms with Crippen LogP contribution in [0.5, 0.6) is 0 Å². The maximum atomic E-state index is 14.1. The summed E-state index contributed by atoms with van der Waals surface area (Å²) in [4.78, 5) is 16.8. The van der Waals surface area contributed by atoms with Crippen LogP contribution in [0.15, 0.2) is 51.9 Å². The van der Waals surface area contributed by atoms with E-state index in [9.17, 15) is 9.18 Å². The van der Waals surface area contributed by atoms with Crippen LogP contribution in [-0.4, -0.2) is 14.8 Å². The number of hydrogen-bond donors (Lipinski definition) is 1. The van der Waals surface area contributed by atoms with Crippen molar-refractivity contribution in [2.45, 2.75) is 6.92 Å². The van der Waals surface area contributed by atoms with Gasteiger partial charge in [-0.2, -0.15) is 0 Å². The normalized spacial score (nSPS) is 11.4. The lowest BCUT2D eigenvalue weighted by molar-refractivity contribution is 0.636. The van der Waals surface area contributed by atoms with Gasteiger partial charge in [0.05, 0.1) is 16.6 Å². The van der Waals surface area contributed by atoms with Crippen molar-refractivity contribution in [1.82, 2.24) is 14.8 Å². The van der Waals surface area contributed by atoms with E-state index in [2.05, 4.69) is 26.0 Å². The molecule has 0 saturated carbocycles. The number of para-hydroxylation sites is 1. The standard InChI is InChI=1S/C17H11BrFN3O/c1-9-4-2-3-5-14(9)22-17(23)12-8-20-16-11(15(12)21-22)6-10(18)7-13(16)19/h2-8,21H,1H3. The topological polar surface area (TPSA) is 50.7 Å². The van der Waals surface area contributed by atoms with Gasteiger partial charge in [-0.3, -0.25) is 14.9 Å². The number of aryl methyl sites for hydroxylation is 1. The average Bonchev–Trinajstić information content (AvgIpc) is 2.85. The number of nitrogens with one attached hydrogen (secondary N) is 1. The van der Waals surface area contributed by atoms with Gasteiger partial charge in [0.25, 0.3) is 5.56 Å². The van der Waals surface area contributed by atoms with Crippen molar-refractivity contribution in [3.05, 3.63) is 68.8 Å². The molecule has 0 aliphatic carbocycles. The summed E-state index contributed by atoms with van der Waals surface area (Å²) < 4.78 is 16.1. The van der Waals surface area contributed by atoms with E-state index in [-0.39, 0.29) is 11.1 Å². The second-order valence-electron chi connectivity index (χ2n) is 5.37. The lowest BCUT2D eigenvalue weighted by Gasteiger charge is -2.05. The summed E-state index contributed by atoms with van der Waals surface area (Å²) in [5, 5.41) is 4.09. The summed E-state index contributed by atoms with van der Waals surface area (Å²) in [6.07, 6.45) is 1.42. The van der Waals surface area contributed by atoms with Gasteiger partial charge in [0.2, 0.25) is 0 Å². The molecule has 0 bridgehead atoms. The lowest BCUT2D eigenvalue weighted by Crippen LogP contribution is -2.15. The van der Waals surface area contributed by atoms with Crippen molar-refractivity contribution in [2.75, 3.05) is 0 Å². The molecule has 2 heterocycles. The summed E-state index contributed by atoms with van der Waals surface area (Å²) in [5.74, 6) is -0.430. The molecule has 0 fully saturated rings. The summed E-state index contributed by atoms with van der Waals surface area (Å²) in [7, 11) is 0. The minimum absolute atomic E-state index is 0.205. The predicted octanol–water partition coefficient (Wildman–Crippen LogP) is 4.08. The number of fused-ring (bicyclic) bond motifs is 3. The van der Waals surface area contributed by atoms with Crippen molar-refractivity contribution < 1.29 is 4.39 Å².